The van der Waals surface area contributed by atoms with Crippen molar-refractivity contribution in [1.29, 1.82) is 0 Å². The minimum absolute atomic E-state index is 0.0249. The fourth-order valence-corrected chi connectivity index (χ4v) is 4.59. The topological polar surface area (TPSA) is 67.8 Å². The van der Waals surface area contributed by atoms with Gasteiger partial charge in [-0.05, 0) is 42.1 Å². The van der Waals surface area contributed by atoms with Crippen LogP contribution in [-0.2, 0) is 22.2 Å². The van der Waals surface area contributed by atoms with E-state index in [0.717, 1.165) is 11.1 Å². The van der Waals surface area contributed by atoms with Gasteiger partial charge in [0.1, 0.15) is 6.61 Å². The third-order valence-corrected chi connectivity index (χ3v) is 10.7. The summed E-state index contributed by atoms with van der Waals surface area (Å²) in [6.45, 7) is 11.2. The van der Waals surface area contributed by atoms with Gasteiger partial charge < -0.3 is 19.6 Å². The van der Waals surface area contributed by atoms with E-state index in [9.17, 15) is 9.90 Å². The van der Waals surface area contributed by atoms with Crippen molar-refractivity contribution in [3.05, 3.63) is 83.9 Å². The van der Waals surface area contributed by atoms with E-state index in [1.54, 1.807) is 6.08 Å². The van der Waals surface area contributed by atoms with Crippen molar-refractivity contribution in [3.8, 4) is 0 Å². The Balaban J connectivity index is 2.23. The molecule has 0 saturated carbocycles. The lowest BCUT2D eigenvalue weighted by molar-refractivity contribution is 0.107. The van der Waals surface area contributed by atoms with Crippen LogP contribution in [0.2, 0.25) is 18.1 Å². The van der Waals surface area contributed by atoms with Crippen LogP contribution >= 0.6 is 0 Å². The molecule has 1 amide bonds. The Hall–Kier alpha value is -2.41. The molecule has 0 aliphatic heterocycles. The molecule has 0 radical (unpaired) electrons. The Morgan fingerprint density at radius 1 is 1.00 bits per heavy atom. The normalized spacial score (nSPS) is 14.1. The summed E-state index contributed by atoms with van der Waals surface area (Å²) in [5, 5.41) is 12.3. The zero-order valence-electron chi connectivity index (χ0n) is 20.6. The molecule has 33 heavy (non-hydrogen) atoms. The van der Waals surface area contributed by atoms with E-state index in [2.05, 4.69) is 51.3 Å². The molecule has 0 heterocycles. The number of carbonyl (C=O) groups excluding carboxylic acids is 1. The first-order chi connectivity index (χ1) is 15.6. The molecule has 2 aromatic rings. The van der Waals surface area contributed by atoms with Crippen LogP contribution in [0, 0.1) is 0 Å². The van der Waals surface area contributed by atoms with Crippen molar-refractivity contribution in [2.75, 3.05) is 6.61 Å². The maximum Gasteiger partial charge on any atom is 0.407 e. The molecular formula is C27H39NO4Si. The Morgan fingerprint density at radius 2 is 1.58 bits per heavy atom. The van der Waals surface area contributed by atoms with Gasteiger partial charge in [0.15, 0.2) is 8.32 Å². The molecule has 0 aliphatic carbocycles. The number of nitrogens with one attached hydrogen (secondary N) is 1. The van der Waals surface area contributed by atoms with Crippen LogP contribution in [0.3, 0.4) is 0 Å². The average molecular weight is 470 g/mol. The van der Waals surface area contributed by atoms with Gasteiger partial charge in [0.05, 0.1) is 18.8 Å². The standard InChI is InChI=1S/C27H39NO4Si/c1-27(2,3)33(4,5)32-25(18-12-13-19-29)24(20-22-14-8-6-9-15-22)28-26(30)31-21-23-16-10-7-11-17-23/h6-17,24-25,29H,18-21H2,1-5H3,(H,28,30)/b13-12+/t24-,25-/m0/s1. The number of alkyl carbamates (subject to hydrolysis) is 1. The van der Waals surface area contributed by atoms with Crippen molar-refractivity contribution < 1.29 is 19.1 Å². The average Bonchev–Trinajstić information content (AvgIpc) is 2.77. The van der Waals surface area contributed by atoms with E-state index in [1.165, 1.54) is 0 Å². The molecule has 0 aliphatic rings. The summed E-state index contributed by atoms with van der Waals surface area (Å²) in [6, 6.07) is 19.4. The van der Waals surface area contributed by atoms with E-state index in [1.807, 2.05) is 54.6 Å². The second-order valence-corrected chi connectivity index (χ2v) is 14.6. The van der Waals surface area contributed by atoms with Crippen LogP contribution in [-0.4, -0.2) is 38.3 Å². The summed E-state index contributed by atoms with van der Waals surface area (Å²) in [5.74, 6) is 0. The number of amides is 1. The molecule has 0 spiro atoms. The van der Waals surface area contributed by atoms with Crippen molar-refractivity contribution in [3.63, 3.8) is 0 Å². The van der Waals surface area contributed by atoms with Gasteiger partial charge in [0, 0.05) is 0 Å². The molecule has 0 unspecified atom stereocenters. The molecular weight excluding hydrogens is 430 g/mol. The lowest BCUT2D eigenvalue weighted by atomic mass is 9.99. The van der Waals surface area contributed by atoms with Crippen LogP contribution in [0.25, 0.3) is 0 Å². The molecule has 5 nitrogen and oxygen atoms in total. The highest BCUT2D eigenvalue weighted by molar-refractivity contribution is 6.74. The SMILES string of the molecule is CC(C)(C)[Si](C)(C)O[C@@H](C/C=C/CO)[C@H](Cc1ccccc1)NC(=O)OCc1ccccc1. The number of hydrogen-bond acceptors (Lipinski definition) is 4. The van der Waals surface area contributed by atoms with Crippen molar-refractivity contribution >= 4 is 14.4 Å². The van der Waals surface area contributed by atoms with Gasteiger partial charge in [0.25, 0.3) is 0 Å². The Morgan fingerprint density at radius 3 is 2.12 bits per heavy atom. The minimum atomic E-state index is -2.12. The molecule has 0 fully saturated rings. The van der Waals surface area contributed by atoms with Gasteiger partial charge in [-0.1, -0.05) is 93.6 Å². The molecule has 0 saturated heterocycles. The molecule has 2 atom stereocenters. The van der Waals surface area contributed by atoms with E-state index in [-0.39, 0.29) is 30.4 Å². The smallest absolute Gasteiger partial charge is 0.407 e. The number of ether oxygens (including phenoxy) is 1. The molecule has 2 N–H and O–H groups in total. The lowest BCUT2D eigenvalue weighted by Gasteiger charge is -2.41. The van der Waals surface area contributed by atoms with Gasteiger partial charge in [-0.3, -0.25) is 0 Å². The molecule has 180 valence electrons. The van der Waals surface area contributed by atoms with Crippen LogP contribution in [0.1, 0.15) is 38.3 Å². The van der Waals surface area contributed by atoms with Crippen LogP contribution in [0.15, 0.2) is 72.8 Å². The van der Waals surface area contributed by atoms with Gasteiger partial charge >= 0.3 is 6.09 Å². The van der Waals surface area contributed by atoms with Crippen molar-refractivity contribution in [2.45, 2.75) is 70.5 Å². The first-order valence-electron chi connectivity index (χ1n) is 11.6. The lowest BCUT2D eigenvalue weighted by Crippen LogP contribution is -2.52. The van der Waals surface area contributed by atoms with E-state index in [0.29, 0.717) is 12.8 Å². The second-order valence-electron chi connectivity index (χ2n) is 9.81. The van der Waals surface area contributed by atoms with Gasteiger partial charge in [-0.25, -0.2) is 4.79 Å². The Bertz CT molecular complexity index is 863. The summed E-state index contributed by atoms with van der Waals surface area (Å²) in [7, 11) is -2.12. The van der Waals surface area contributed by atoms with E-state index in [4.69, 9.17) is 9.16 Å². The zero-order valence-corrected chi connectivity index (χ0v) is 21.6. The predicted octanol–water partition coefficient (Wildman–Crippen LogP) is 5.85. The summed E-state index contributed by atoms with van der Waals surface area (Å²) in [4.78, 5) is 12.8. The van der Waals surface area contributed by atoms with Crippen LogP contribution in [0.4, 0.5) is 4.79 Å². The summed E-state index contributed by atoms with van der Waals surface area (Å²) in [5.41, 5.74) is 2.05. The van der Waals surface area contributed by atoms with Crippen molar-refractivity contribution in [2.24, 2.45) is 0 Å². The predicted molar refractivity (Wildman–Crippen MR) is 137 cm³/mol. The number of benzene rings is 2. The molecule has 0 aromatic heterocycles. The van der Waals surface area contributed by atoms with E-state index < -0.39 is 14.4 Å². The highest BCUT2D eigenvalue weighted by Crippen LogP contribution is 2.38. The number of hydrogen-bond donors (Lipinski definition) is 2. The third kappa shape index (κ3) is 9.16. The molecule has 0 bridgehead atoms. The monoisotopic (exact) mass is 469 g/mol. The van der Waals surface area contributed by atoms with Crippen molar-refractivity contribution in [1.82, 2.24) is 5.32 Å². The van der Waals surface area contributed by atoms with Crippen LogP contribution in [0.5, 0.6) is 0 Å². The number of aliphatic hydroxyl groups is 1. The quantitative estimate of drug-likeness (QED) is 0.320. The third-order valence-electron chi connectivity index (χ3n) is 6.16. The highest BCUT2D eigenvalue weighted by atomic mass is 28.4. The van der Waals surface area contributed by atoms with Crippen LogP contribution < -0.4 is 5.32 Å². The first kappa shape index (κ1) is 26.8. The number of aliphatic hydroxyl groups excluding tert-OH is 1. The number of carbonyl (C=O) groups is 1. The largest absolute Gasteiger partial charge is 0.445 e. The highest BCUT2D eigenvalue weighted by Gasteiger charge is 2.40. The van der Waals surface area contributed by atoms with Gasteiger partial charge in [-0.2, -0.15) is 0 Å². The fourth-order valence-electron chi connectivity index (χ4n) is 3.21. The minimum Gasteiger partial charge on any atom is -0.445 e. The maximum absolute atomic E-state index is 12.8. The zero-order chi connectivity index (χ0) is 24.3. The first-order valence-corrected chi connectivity index (χ1v) is 14.5. The summed E-state index contributed by atoms with van der Waals surface area (Å²) >= 11 is 0. The fraction of sp³-hybridized carbons (Fsp3) is 0.444. The van der Waals surface area contributed by atoms with Gasteiger partial charge in [0.2, 0.25) is 0 Å². The molecule has 2 rings (SSSR count). The second kappa shape index (κ2) is 12.7. The maximum atomic E-state index is 12.8. The molecule has 6 heteroatoms. The Labute approximate surface area is 200 Å². The Kier molecular flexibility index (Phi) is 10.3. The summed E-state index contributed by atoms with van der Waals surface area (Å²) in [6.07, 6.45) is 4.13. The summed E-state index contributed by atoms with van der Waals surface area (Å²) < 4.78 is 12.3. The molecule has 2 aromatic carbocycles. The van der Waals surface area contributed by atoms with Gasteiger partial charge in [-0.15, -0.1) is 0 Å². The number of rotatable bonds is 11. The van der Waals surface area contributed by atoms with E-state index >= 15 is 0 Å².